The van der Waals surface area contributed by atoms with Gasteiger partial charge in [-0.3, -0.25) is 4.57 Å². The van der Waals surface area contributed by atoms with E-state index in [1.807, 2.05) is 13.0 Å². The van der Waals surface area contributed by atoms with Crippen molar-refractivity contribution < 1.29 is 9.46 Å². The molecule has 78 valence electrons. The molecule has 0 aliphatic rings. The van der Waals surface area contributed by atoms with Gasteiger partial charge in [-0.15, -0.1) is 0 Å². The van der Waals surface area contributed by atoms with Crippen molar-refractivity contribution in [1.82, 2.24) is 0 Å². The van der Waals surface area contributed by atoms with Gasteiger partial charge >= 0.3 is 0 Å². The lowest BCUT2D eigenvalue weighted by Gasteiger charge is -2.28. The van der Waals surface area contributed by atoms with Gasteiger partial charge in [-0.25, -0.2) is 0 Å². The maximum absolute atomic E-state index is 12.1. The topological polar surface area (TPSA) is 37.3 Å². The van der Waals surface area contributed by atoms with Crippen LogP contribution in [-0.2, 0) is 4.57 Å². The van der Waals surface area contributed by atoms with Crippen LogP contribution in [0.1, 0.15) is 20.3 Å². The molecule has 1 rings (SSSR count). The highest BCUT2D eigenvalue weighted by atomic mass is 32.1. The summed E-state index contributed by atoms with van der Waals surface area (Å²) < 4.78 is 11.3. The van der Waals surface area contributed by atoms with Gasteiger partial charge in [0.1, 0.15) is 0 Å². The summed E-state index contributed by atoms with van der Waals surface area (Å²) in [6.45, 7) is 3.56. The first-order chi connectivity index (χ1) is 6.42. The highest BCUT2D eigenvalue weighted by Crippen LogP contribution is 2.57. The lowest BCUT2D eigenvalue weighted by molar-refractivity contribution is 0.470. The fraction of sp³-hybridized carbons (Fsp3) is 0.400. The Morgan fingerprint density at radius 3 is 2.36 bits per heavy atom. The Morgan fingerprint density at radius 2 is 1.93 bits per heavy atom. The van der Waals surface area contributed by atoms with Gasteiger partial charge < -0.3 is 4.89 Å². The molecule has 0 heterocycles. The summed E-state index contributed by atoms with van der Waals surface area (Å²) in [5, 5.41) is 0.472. The molecule has 2 atom stereocenters. The summed E-state index contributed by atoms with van der Waals surface area (Å²) in [6.07, 6.45) is 0.554. The molecule has 2 nitrogen and oxygen atoms in total. The van der Waals surface area contributed by atoms with Gasteiger partial charge in [0.15, 0.2) is 0 Å². The summed E-state index contributed by atoms with van der Waals surface area (Å²) in [5.41, 5.74) is 0. The molecular weight excluding hydrogens is 215 g/mol. The number of hydrogen-bond donors (Lipinski definition) is 2. The van der Waals surface area contributed by atoms with E-state index in [0.717, 1.165) is 0 Å². The molecule has 0 saturated carbocycles. The quantitative estimate of drug-likeness (QED) is 0.618. The van der Waals surface area contributed by atoms with E-state index >= 15 is 0 Å². The van der Waals surface area contributed by atoms with Crippen molar-refractivity contribution in [2.45, 2.75) is 24.8 Å². The van der Waals surface area contributed by atoms with Crippen molar-refractivity contribution in [3.8, 4) is 0 Å². The average molecular weight is 230 g/mol. The van der Waals surface area contributed by atoms with Crippen LogP contribution in [0.25, 0.3) is 0 Å². The zero-order chi connectivity index (χ0) is 10.8. The second-order valence-corrected chi connectivity index (χ2v) is 7.48. The summed E-state index contributed by atoms with van der Waals surface area (Å²) in [5.74, 6) is 0. The van der Waals surface area contributed by atoms with Crippen molar-refractivity contribution in [1.29, 1.82) is 0 Å². The van der Waals surface area contributed by atoms with E-state index in [2.05, 4.69) is 12.6 Å². The number of rotatable bonds is 3. The average Bonchev–Trinajstić information content (AvgIpc) is 2.19. The van der Waals surface area contributed by atoms with Gasteiger partial charge in [0.25, 0.3) is 0 Å². The Morgan fingerprint density at radius 1 is 1.43 bits per heavy atom. The summed E-state index contributed by atoms with van der Waals surface area (Å²) >= 11 is 4.27. The molecule has 0 fully saturated rings. The van der Waals surface area contributed by atoms with Gasteiger partial charge in [0.2, 0.25) is 7.37 Å². The molecule has 0 aromatic heterocycles. The van der Waals surface area contributed by atoms with Crippen LogP contribution >= 0.6 is 20.0 Å². The largest absolute Gasteiger partial charge is 0.340 e. The molecule has 1 aromatic rings. The van der Waals surface area contributed by atoms with E-state index in [0.29, 0.717) is 11.7 Å². The Hall–Kier alpha value is -0.240. The van der Waals surface area contributed by atoms with Gasteiger partial charge in [-0.2, -0.15) is 12.6 Å². The lowest BCUT2D eigenvalue weighted by atomic mass is 10.3. The first-order valence-corrected chi connectivity index (χ1v) is 6.63. The predicted octanol–water partition coefficient (Wildman–Crippen LogP) is 2.64. The Balaban J connectivity index is 3.15. The molecular formula is C10H15O2PS. The minimum absolute atomic E-state index is 0.472. The first-order valence-electron chi connectivity index (χ1n) is 4.52. The van der Waals surface area contributed by atoms with Crippen LogP contribution in [0.2, 0.25) is 0 Å². The molecule has 0 aliphatic carbocycles. The number of hydrogen-bond acceptors (Lipinski definition) is 2. The van der Waals surface area contributed by atoms with Crippen molar-refractivity contribution >= 4 is 25.3 Å². The minimum Gasteiger partial charge on any atom is -0.340 e. The fourth-order valence-electron chi connectivity index (χ4n) is 1.12. The zero-order valence-corrected chi connectivity index (χ0v) is 10.1. The SMILES string of the molecule is CC[C@](C)(S)P(=O)(O)c1ccccc1. The van der Waals surface area contributed by atoms with Gasteiger partial charge in [0, 0.05) is 5.30 Å². The maximum atomic E-state index is 12.1. The first kappa shape index (κ1) is 11.8. The van der Waals surface area contributed by atoms with Crippen molar-refractivity contribution in [2.24, 2.45) is 0 Å². The molecule has 0 spiro atoms. The molecule has 0 radical (unpaired) electrons. The van der Waals surface area contributed by atoms with Crippen molar-refractivity contribution in [3.63, 3.8) is 0 Å². The summed E-state index contributed by atoms with van der Waals surface area (Å²) in [6, 6.07) is 8.69. The molecule has 0 aliphatic heterocycles. The summed E-state index contributed by atoms with van der Waals surface area (Å²) in [7, 11) is -3.38. The second-order valence-electron chi connectivity index (χ2n) is 3.48. The standard InChI is InChI=1S/C10H15O2PS/c1-3-10(2,14)13(11,12)9-7-5-4-6-8-9/h4-8,14H,3H2,1-2H3,(H,11,12)/t10-/m0/s1. The molecule has 0 amide bonds. The van der Waals surface area contributed by atoms with E-state index < -0.39 is 11.9 Å². The normalized spacial score (nSPS) is 19.7. The smallest absolute Gasteiger partial charge is 0.244 e. The molecule has 0 saturated heterocycles. The Bertz CT molecular complexity index is 348. The molecule has 1 N–H and O–H groups in total. The monoisotopic (exact) mass is 230 g/mol. The minimum atomic E-state index is -3.38. The van der Waals surface area contributed by atoms with E-state index in [1.54, 1.807) is 31.2 Å². The molecule has 0 bridgehead atoms. The van der Waals surface area contributed by atoms with Crippen LogP contribution in [0.5, 0.6) is 0 Å². The molecule has 4 heteroatoms. The van der Waals surface area contributed by atoms with Crippen molar-refractivity contribution in [3.05, 3.63) is 30.3 Å². The van der Waals surface area contributed by atoms with Crippen LogP contribution in [0, 0.1) is 0 Å². The zero-order valence-electron chi connectivity index (χ0n) is 8.34. The molecule has 1 unspecified atom stereocenters. The Labute approximate surface area is 90.2 Å². The highest BCUT2D eigenvalue weighted by Gasteiger charge is 2.39. The third-order valence-corrected chi connectivity index (χ3v) is 6.18. The predicted molar refractivity (Wildman–Crippen MR) is 63.6 cm³/mol. The third-order valence-electron chi connectivity index (χ3n) is 2.43. The molecule has 14 heavy (non-hydrogen) atoms. The van der Waals surface area contributed by atoms with Crippen LogP contribution < -0.4 is 5.30 Å². The van der Waals surface area contributed by atoms with E-state index in [-0.39, 0.29) is 0 Å². The lowest BCUT2D eigenvalue weighted by Crippen LogP contribution is -2.22. The summed E-state index contributed by atoms with van der Waals surface area (Å²) in [4.78, 5) is 9.99. The maximum Gasteiger partial charge on any atom is 0.244 e. The molecule has 1 aromatic carbocycles. The van der Waals surface area contributed by atoms with Crippen LogP contribution in [-0.4, -0.2) is 9.38 Å². The van der Waals surface area contributed by atoms with E-state index in [4.69, 9.17) is 0 Å². The second kappa shape index (κ2) is 4.09. The van der Waals surface area contributed by atoms with Gasteiger partial charge in [-0.05, 0) is 25.5 Å². The van der Waals surface area contributed by atoms with Gasteiger partial charge in [-0.1, -0.05) is 25.1 Å². The third kappa shape index (κ3) is 2.05. The van der Waals surface area contributed by atoms with Crippen LogP contribution in [0.4, 0.5) is 0 Å². The van der Waals surface area contributed by atoms with E-state index in [9.17, 15) is 9.46 Å². The number of benzene rings is 1. The van der Waals surface area contributed by atoms with Crippen LogP contribution in [0.3, 0.4) is 0 Å². The number of thiol groups is 1. The fourth-order valence-corrected chi connectivity index (χ4v) is 3.03. The van der Waals surface area contributed by atoms with E-state index in [1.165, 1.54) is 0 Å². The van der Waals surface area contributed by atoms with Gasteiger partial charge in [0.05, 0.1) is 4.49 Å². The Kier molecular flexibility index (Phi) is 3.46. The van der Waals surface area contributed by atoms with Crippen molar-refractivity contribution in [2.75, 3.05) is 0 Å². The highest BCUT2D eigenvalue weighted by molar-refractivity contribution is 7.94. The van der Waals surface area contributed by atoms with Crippen LogP contribution in [0.15, 0.2) is 30.3 Å².